The number of benzene rings is 2. The fourth-order valence-electron chi connectivity index (χ4n) is 1.85. The molecule has 0 unspecified atom stereocenters. The number of carboxylic acids is 1. The predicted molar refractivity (Wildman–Crippen MR) is 57.0 cm³/mol. The maximum Gasteiger partial charge on any atom is 0.336 e. The third-order valence-electron chi connectivity index (χ3n) is 2.60. The van der Waals surface area contributed by atoms with Crippen LogP contribution in [0.4, 0.5) is 0 Å². The third kappa shape index (κ3) is 1.20. The van der Waals surface area contributed by atoms with Crippen LogP contribution in [0.15, 0.2) is 30.3 Å². The largest absolute Gasteiger partial charge is 0.478 e. The lowest BCUT2D eigenvalue weighted by molar-refractivity contribution is 0.0699. The second-order valence-electron chi connectivity index (χ2n) is 3.54. The van der Waals surface area contributed by atoms with Crippen molar-refractivity contribution in [1.29, 1.82) is 0 Å². The molecular weight excluding hydrogens is 208 g/mol. The Hall–Kier alpha value is -2.23. The monoisotopic (exact) mass is 216 g/mol. The summed E-state index contributed by atoms with van der Waals surface area (Å²) in [7, 11) is 0. The van der Waals surface area contributed by atoms with Crippen LogP contribution in [0.1, 0.15) is 10.4 Å². The van der Waals surface area contributed by atoms with Gasteiger partial charge in [-0.15, -0.1) is 0 Å². The van der Waals surface area contributed by atoms with Crippen LogP contribution in [-0.2, 0) is 0 Å². The van der Waals surface area contributed by atoms with Crippen LogP contribution in [0, 0.1) is 0 Å². The Morgan fingerprint density at radius 2 is 1.94 bits per heavy atom. The minimum atomic E-state index is -0.940. The normalized spacial score (nSPS) is 13.0. The smallest absolute Gasteiger partial charge is 0.336 e. The number of hydrogen-bond acceptors (Lipinski definition) is 3. The number of carbonyl (C=O) groups is 1. The zero-order chi connectivity index (χ0) is 11.1. The van der Waals surface area contributed by atoms with Crippen molar-refractivity contribution in [3.8, 4) is 11.5 Å². The molecule has 0 aliphatic carbocycles. The van der Waals surface area contributed by atoms with Gasteiger partial charge in [-0.25, -0.2) is 4.79 Å². The van der Waals surface area contributed by atoms with E-state index in [4.69, 9.17) is 14.6 Å². The van der Waals surface area contributed by atoms with Crippen molar-refractivity contribution in [2.24, 2.45) is 0 Å². The highest BCUT2D eigenvalue weighted by molar-refractivity contribution is 6.04. The first-order valence-corrected chi connectivity index (χ1v) is 4.81. The summed E-state index contributed by atoms with van der Waals surface area (Å²) in [5.41, 5.74) is 0.274. The highest BCUT2D eigenvalue weighted by Crippen LogP contribution is 2.36. The molecule has 0 saturated heterocycles. The fraction of sp³-hybridized carbons (Fsp3) is 0.0833. The second-order valence-corrected chi connectivity index (χ2v) is 3.54. The molecule has 1 aliphatic rings. The second kappa shape index (κ2) is 3.13. The summed E-state index contributed by atoms with van der Waals surface area (Å²) in [6.45, 7) is 0.189. The summed E-state index contributed by atoms with van der Waals surface area (Å²) in [5, 5.41) is 10.6. The number of aromatic carboxylic acids is 1. The molecule has 0 aromatic heterocycles. The Kier molecular flexibility index (Phi) is 1.77. The van der Waals surface area contributed by atoms with Crippen molar-refractivity contribution in [2.45, 2.75) is 0 Å². The first-order valence-electron chi connectivity index (χ1n) is 4.81. The summed E-state index contributed by atoms with van der Waals surface area (Å²) in [6, 6.07) is 8.65. The van der Waals surface area contributed by atoms with Crippen molar-refractivity contribution in [3.05, 3.63) is 35.9 Å². The van der Waals surface area contributed by atoms with E-state index in [2.05, 4.69) is 0 Å². The summed E-state index contributed by atoms with van der Waals surface area (Å²) in [6.07, 6.45) is 0. The molecule has 0 fully saturated rings. The molecule has 16 heavy (non-hydrogen) atoms. The molecule has 0 bridgehead atoms. The van der Waals surface area contributed by atoms with Crippen molar-refractivity contribution in [2.75, 3.05) is 6.79 Å². The molecule has 1 N–H and O–H groups in total. The summed E-state index contributed by atoms with van der Waals surface area (Å²) < 4.78 is 10.5. The van der Waals surface area contributed by atoms with E-state index in [0.29, 0.717) is 16.9 Å². The van der Waals surface area contributed by atoms with Gasteiger partial charge in [-0.1, -0.05) is 12.1 Å². The lowest BCUT2D eigenvalue weighted by atomic mass is 10.0. The molecule has 3 rings (SSSR count). The summed E-state index contributed by atoms with van der Waals surface area (Å²) >= 11 is 0. The van der Waals surface area contributed by atoms with E-state index in [1.807, 2.05) is 6.07 Å². The van der Waals surface area contributed by atoms with E-state index in [1.54, 1.807) is 24.3 Å². The van der Waals surface area contributed by atoms with Gasteiger partial charge in [-0.2, -0.15) is 0 Å². The Bertz CT molecular complexity index is 589. The molecule has 1 heterocycles. The Morgan fingerprint density at radius 3 is 2.69 bits per heavy atom. The van der Waals surface area contributed by atoms with E-state index < -0.39 is 5.97 Å². The molecule has 4 nitrogen and oxygen atoms in total. The van der Waals surface area contributed by atoms with E-state index in [1.165, 1.54) is 0 Å². The van der Waals surface area contributed by atoms with Crippen LogP contribution < -0.4 is 9.47 Å². The molecule has 2 aromatic carbocycles. The topological polar surface area (TPSA) is 55.8 Å². The number of ether oxygens (including phenoxy) is 2. The van der Waals surface area contributed by atoms with Crippen LogP contribution in [0.3, 0.4) is 0 Å². The highest BCUT2D eigenvalue weighted by atomic mass is 16.7. The lowest BCUT2D eigenvalue weighted by Gasteiger charge is -2.03. The first kappa shape index (κ1) is 9.03. The van der Waals surface area contributed by atoms with Crippen LogP contribution in [0.25, 0.3) is 10.8 Å². The van der Waals surface area contributed by atoms with Crippen LogP contribution in [0.5, 0.6) is 11.5 Å². The minimum Gasteiger partial charge on any atom is -0.478 e. The predicted octanol–water partition coefficient (Wildman–Crippen LogP) is 2.27. The molecule has 0 atom stereocenters. The van der Waals surface area contributed by atoms with E-state index in [-0.39, 0.29) is 12.4 Å². The molecule has 80 valence electrons. The summed E-state index contributed by atoms with van der Waals surface area (Å²) in [4.78, 5) is 11.0. The number of rotatable bonds is 1. The van der Waals surface area contributed by atoms with E-state index >= 15 is 0 Å². The van der Waals surface area contributed by atoms with Gasteiger partial charge in [-0.3, -0.25) is 0 Å². The molecular formula is C12H8O4. The van der Waals surface area contributed by atoms with Crippen molar-refractivity contribution < 1.29 is 19.4 Å². The standard InChI is InChI=1S/C12H8O4/c13-12(14)8-3-1-2-7-4-10-11(5-9(7)8)16-6-15-10/h1-5H,6H2,(H,13,14). The van der Waals surface area contributed by atoms with Gasteiger partial charge in [0.05, 0.1) is 5.56 Å². The average Bonchev–Trinajstić information content (AvgIpc) is 2.71. The van der Waals surface area contributed by atoms with Gasteiger partial charge in [0.25, 0.3) is 0 Å². The third-order valence-corrected chi connectivity index (χ3v) is 2.60. The van der Waals surface area contributed by atoms with Gasteiger partial charge in [0.2, 0.25) is 6.79 Å². The molecule has 4 heteroatoms. The van der Waals surface area contributed by atoms with Gasteiger partial charge in [0.1, 0.15) is 0 Å². The number of hydrogen-bond donors (Lipinski definition) is 1. The van der Waals surface area contributed by atoms with Gasteiger partial charge < -0.3 is 14.6 Å². The highest BCUT2D eigenvalue weighted by Gasteiger charge is 2.16. The lowest BCUT2D eigenvalue weighted by Crippen LogP contribution is -1.96. The quantitative estimate of drug-likeness (QED) is 0.794. The maximum atomic E-state index is 11.0. The molecule has 1 aliphatic heterocycles. The molecule has 0 radical (unpaired) electrons. The summed E-state index contributed by atoms with van der Waals surface area (Å²) in [5.74, 6) is 0.320. The zero-order valence-electron chi connectivity index (χ0n) is 8.27. The van der Waals surface area contributed by atoms with Crippen molar-refractivity contribution in [1.82, 2.24) is 0 Å². The molecule has 0 spiro atoms. The Morgan fingerprint density at radius 1 is 1.19 bits per heavy atom. The minimum absolute atomic E-state index is 0.189. The average molecular weight is 216 g/mol. The van der Waals surface area contributed by atoms with Crippen LogP contribution in [-0.4, -0.2) is 17.9 Å². The van der Waals surface area contributed by atoms with Crippen LogP contribution in [0.2, 0.25) is 0 Å². The van der Waals surface area contributed by atoms with Crippen LogP contribution >= 0.6 is 0 Å². The van der Waals surface area contributed by atoms with E-state index in [9.17, 15) is 4.79 Å². The number of carboxylic acid groups (broad SMARTS) is 1. The van der Waals surface area contributed by atoms with Gasteiger partial charge in [0, 0.05) is 5.39 Å². The zero-order valence-corrected chi connectivity index (χ0v) is 8.27. The fourth-order valence-corrected chi connectivity index (χ4v) is 1.85. The molecule has 2 aromatic rings. The van der Waals surface area contributed by atoms with Crippen molar-refractivity contribution in [3.63, 3.8) is 0 Å². The maximum absolute atomic E-state index is 11.0. The molecule has 0 amide bonds. The van der Waals surface area contributed by atoms with Crippen molar-refractivity contribution >= 4 is 16.7 Å². The Labute approximate surface area is 91.0 Å². The van der Waals surface area contributed by atoms with E-state index in [0.717, 1.165) is 5.39 Å². The first-order chi connectivity index (χ1) is 7.75. The van der Waals surface area contributed by atoms with Gasteiger partial charge >= 0.3 is 5.97 Å². The Balaban J connectivity index is 2.35. The van der Waals surface area contributed by atoms with Gasteiger partial charge in [0.15, 0.2) is 11.5 Å². The molecule has 0 saturated carbocycles. The van der Waals surface area contributed by atoms with Gasteiger partial charge in [-0.05, 0) is 23.6 Å². The number of fused-ring (bicyclic) bond motifs is 2. The SMILES string of the molecule is O=C(O)c1cccc2cc3c(cc12)OCO3.